The van der Waals surface area contributed by atoms with Gasteiger partial charge in [0.2, 0.25) is 5.91 Å². The van der Waals surface area contributed by atoms with Gasteiger partial charge in [0.05, 0.1) is 5.41 Å². The molecule has 0 radical (unpaired) electrons. The Morgan fingerprint density at radius 3 is 2.74 bits per heavy atom. The summed E-state index contributed by atoms with van der Waals surface area (Å²) in [6, 6.07) is 0. The van der Waals surface area contributed by atoms with Gasteiger partial charge in [-0.25, -0.2) is 0 Å². The first kappa shape index (κ1) is 16.7. The Bertz CT molecular complexity index is 277. The van der Waals surface area contributed by atoms with E-state index in [2.05, 4.69) is 10.6 Å². The van der Waals surface area contributed by atoms with Crippen LogP contribution in [0.15, 0.2) is 0 Å². The molecule has 2 N–H and O–H groups in total. The molecule has 0 bridgehead atoms. The number of hydrogen-bond acceptors (Lipinski definition) is 3. The molecule has 1 saturated heterocycles. The standard InChI is InChI=1S/C14H26N2O2.ClH/c1-18-9-7-14(5-3-6-14)13(17)16-11-12-4-2-8-15-10-12;/h12,15H,2-11H2,1H3,(H,16,17);1H. The Morgan fingerprint density at radius 1 is 1.42 bits per heavy atom. The van der Waals surface area contributed by atoms with E-state index in [9.17, 15) is 4.79 Å². The van der Waals surface area contributed by atoms with Crippen LogP contribution in [0.5, 0.6) is 0 Å². The summed E-state index contributed by atoms with van der Waals surface area (Å²) in [6.07, 6.45) is 6.59. The molecule has 1 amide bonds. The number of nitrogens with one attached hydrogen (secondary N) is 2. The van der Waals surface area contributed by atoms with Crippen molar-refractivity contribution in [1.82, 2.24) is 10.6 Å². The summed E-state index contributed by atoms with van der Waals surface area (Å²) in [5.74, 6) is 0.874. The van der Waals surface area contributed by atoms with E-state index in [4.69, 9.17) is 4.74 Å². The molecule has 5 heteroatoms. The highest BCUT2D eigenvalue weighted by Gasteiger charge is 2.43. The van der Waals surface area contributed by atoms with Crippen molar-refractivity contribution in [3.63, 3.8) is 0 Å². The summed E-state index contributed by atoms with van der Waals surface area (Å²) in [6.45, 7) is 3.70. The molecule has 0 spiro atoms. The Labute approximate surface area is 122 Å². The van der Waals surface area contributed by atoms with Gasteiger partial charge in [0.15, 0.2) is 0 Å². The zero-order valence-corrected chi connectivity index (χ0v) is 12.7. The van der Waals surface area contributed by atoms with Crippen LogP contribution in [-0.4, -0.2) is 39.3 Å². The van der Waals surface area contributed by atoms with Crippen LogP contribution >= 0.6 is 12.4 Å². The van der Waals surface area contributed by atoms with Gasteiger partial charge in [-0.05, 0) is 51.1 Å². The number of halogens is 1. The molecule has 112 valence electrons. The summed E-state index contributed by atoms with van der Waals surface area (Å²) in [4.78, 5) is 12.3. The molecule has 2 aliphatic rings. The average Bonchev–Trinajstić information content (AvgIpc) is 2.36. The van der Waals surface area contributed by atoms with Gasteiger partial charge < -0.3 is 15.4 Å². The Balaban J connectivity index is 0.00000180. The molecular formula is C14H27ClN2O2. The van der Waals surface area contributed by atoms with Gasteiger partial charge in [-0.2, -0.15) is 0 Å². The number of methoxy groups -OCH3 is 1. The topological polar surface area (TPSA) is 50.4 Å². The third kappa shape index (κ3) is 4.33. The zero-order valence-electron chi connectivity index (χ0n) is 11.9. The van der Waals surface area contributed by atoms with E-state index in [0.717, 1.165) is 38.9 Å². The van der Waals surface area contributed by atoms with Gasteiger partial charge in [0, 0.05) is 20.3 Å². The predicted molar refractivity (Wildman–Crippen MR) is 78.6 cm³/mol. The van der Waals surface area contributed by atoms with Crippen LogP contribution in [0, 0.1) is 11.3 Å². The molecule has 1 aliphatic carbocycles. The lowest BCUT2D eigenvalue weighted by molar-refractivity contribution is -0.137. The molecular weight excluding hydrogens is 264 g/mol. The minimum atomic E-state index is -0.113. The number of rotatable bonds is 6. The Morgan fingerprint density at radius 2 is 2.21 bits per heavy atom. The van der Waals surface area contributed by atoms with Crippen molar-refractivity contribution in [2.45, 2.75) is 38.5 Å². The van der Waals surface area contributed by atoms with E-state index in [-0.39, 0.29) is 23.7 Å². The van der Waals surface area contributed by atoms with E-state index in [1.54, 1.807) is 7.11 Å². The van der Waals surface area contributed by atoms with Gasteiger partial charge >= 0.3 is 0 Å². The lowest BCUT2D eigenvalue weighted by Gasteiger charge is -2.40. The molecule has 2 rings (SSSR count). The first-order valence-corrected chi connectivity index (χ1v) is 7.25. The number of carbonyl (C=O) groups is 1. The van der Waals surface area contributed by atoms with Crippen molar-refractivity contribution in [3.8, 4) is 0 Å². The van der Waals surface area contributed by atoms with Crippen LogP contribution < -0.4 is 10.6 Å². The monoisotopic (exact) mass is 290 g/mol. The second-order valence-corrected chi connectivity index (χ2v) is 5.80. The third-order valence-corrected chi connectivity index (χ3v) is 4.53. The van der Waals surface area contributed by atoms with E-state index < -0.39 is 0 Å². The first-order chi connectivity index (χ1) is 8.77. The quantitative estimate of drug-likeness (QED) is 0.783. The highest BCUT2D eigenvalue weighted by Crippen LogP contribution is 2.44. The van der Waals surface area contributed by atoms with Crippen molar-refractivity contribution in [2.75, 3.05) is 33.4 Å². The van der Waals surface area contributed by atoms with Crippen molar-refractivity contribution in [2.24, 2.45) is 11.3 Å². The van der Waals surface area contributed by atoms with Crippen LogP contribution in [0.4, 0.5) is 0 Å². The second kappa shape index (κ2) is 8.08. The fraction of sp³-hybridized carbons (Fsp3) is 0.929. The van der Waals surface area contributed by atoms with Crippen molar-refractivity contribution < 1.29 is 9.53 Å². The summed E-state index contributed by atoms with van der Waals surface area (Å²) < 4.78 is 5.13. The Kier molecular flexibility index (Phi) is 7.11. The fourth-order valence-electron chi connectivity index (χ4n) is 3.01. The number of piperidine rings is 1. The maximum absolute atomic E-state index is 12.3. The summed E-state index contributed by atoms with van der Waals surface area (Å²) >= 11 is 0. The molecule has 0 aromatic rings. The van der Waals surface area contributed by atoms with Crippen LogP contribution in [0.25, 0.3) is 0 Å². The largest absolute Gasteiger partial charge is 0.385 e. The molecule has 19 heavy (non-hydrogen) atoms. The summed E-state index contributed by atoms with van der Waals surface area (Å²) in [5.41, 5.74) is -0.113. The van der Waals surface area contributed by atoms with E-state index >= 15 is 0 Å². The maximum atomic E-state index is 12.3. The lowest BCUT2D eigenvalue weighted by Crippen LogP contribution is -2.48. The van der Waals surface area contributed by atoms with Gasteiger partial charge in [-0.1, -0.05) is 6.42 Å². The highest BCUT2D eigenvalue weighted by molar-refractivity contribution is 5.85. The number of amides is 1. The van der Waals surface area contributed by atoms with Crippen molar-refractivity contribution >= 4 is 18.3 Å². The third-order valence-electron chi connectivity index (χ3n) is 4.53. The molecule has 1 heterocycles. The highest BCUT2D eigenvalue weighted by atomic mass is 35.5. The maximum Gasteiger partial charge on any atom is 0.226 e. The molecule has 0 aromatic carbocycles. The normalized spacial score (nSPS) is 25.0. The summed E-state index contributed by atoms with van der Waals surface area (Å²) in [5, 5.41) is 6.56. The van der Waals surface area contributed by atoms with E-state index in [1.807, 2.05) is 0 Å². The Hall–Kier alpha value is -0.320. The molecule has 1 unspecified atom stereocenters. The van der Waals surface area contributed by atoms with Gasteiger partial charge in [-0.3, -0.25) is 4.79 Å². The van der Waals surface area contributed by atoms with E-state index in [1.165, 1.54) is 19.3 Å². The van der Waals surface area contributed by atoms with Crippen LogP contribution in [0.1, 0.15) is 38.5 Å². The SMILES string of the molecule is COCCC1(C(=O)NCC2CCCNC2)CCC1.Cl. The van der Waals surface area contributed by atoms with Crippen LogP contribution in [0.2, 0.25) is 0 Å². The predicted octanol–water partition coefficient (Wildman–Crippen LogP) is 1.73. The molecule has 1 aliphatic heterocycles. The van der Waals surface area contributed by atoms with Gasteiger partial charge in [0.25, 0.3) is 0 Å². The minimum Gasteiger partial charge on any atom is -0.385 e. The number of carbonyl (C=O) groups excluding carboxylic acids is 1. The fourth-order valence-corrected chi connectivity index (χ4v) is 3.01. The van der Waals surface area contributed by atoms with Crippen LogP contribution in [-0.2, 0) is 9.53 Å². The van der Waals surface area contributed by atoms with Gasteiger partial charge in [-0.15, -0.1) is 12.4 Å². The van der Waals surface area contributed by atoms with Crippen molar-refractivity contribution in [1.29, 1.82) is 0 Å². The van der Waals surface area contributed by atoms with Crippen LogP contribution in [0.3, 0.4) is 0 Å². The average molecular weight is 291 g/mol. The molecule has 2 fully saturated rings. The first-order valence-electron chi connectivity index (χ1n) is 7.25. The number of ether oxygens (including phenoxy) is 1. The minimum absolute atomic E-state index is 0. The zero-order chi connectivity index (χ0) is 12.8. The van der Waals surface area contributed by atoms with Crippen molar-refractivity contribution in [3.05, 3.63) is 0 Å². The molecule has 1 atom stereocenters. The number of hydrogen-bond donors (Lipinski definition) is 2. The van der Waals surface area contributed by atoms with E-state index in [0.29, 0.717) is 12.5 Å². The van der Waals surface area contributed by atoms with Gasteiger partial charge in [0.1, 0.15) is 0 Å². The lowest BCUT2D eigenvalue weighted by atomic mass is 9.66. The molecule has 1 saturated carbocycles. The summed E-state index contributed by atoms with van der Waals surface area (Å²) in [7, 11) is 1.71. The molecule has 4 nitrogen and oxygen atoms in total. The second-order valence-electron chi connectivity index (χ2n) is 5.80. The molecule has 0 aromatic heterocycles. The smallest absolute Gasteiger partial charge is 0.226 e.